The minimum atomic E-state index is -0.0814. The van der Waals surface area contributed by atoms with Gasteiger partial charge in [0.1, 0.15) is 0 Å². The van der Waals surface area contributed by atoms with Crippen LogP contribution in [0.15, 0.2) is 105 Å². The summed E-state index contributed by atoms with van der Waals surface area (Å²) in [6, 6.07) is 0.669. The molecule has 8 aliphatic carbocycles. The molecule has 57 heavy (non-hydrogen) atoms. The molecule has 4 fully saturated rings. The van der Waals surface area contributed by atoms with Gasteiger partial charge in [0.2, 0.25) is 0 Å². The van der Waals surface area contributed by atoms with Crippen molar-refractivity contribution < 1.29 is 17.1 Å². The van der Waals surface area contributed by atoms with Crippen molar-refractivity contribution in [2.24, 2.45) is 0 Å². The third-order valence-corrected chi connectivity index (χ3v) is 20.9. The summed E-state index contributed by atoms with van der Waals surface area (Å²) in [5, 5.41) is 3.38. The van der Waals surface area contributed by atoms with Crippen LogP contribution in [0.2, 0.25) is 0 Å². The Morgan fingerprint density at radius 2 is 1.00 bits per heavy atom. The quantitative estimate of drug-likeness (QED) is 0.0836. The van der Waals surface area contributed by atoms with Gasteiger partial charge in [-0.05, 0) is 143 Å². The third-order valence-electron chi connectivity index (χ3n) is 13.8. The summed E-state index contributed by atoms with van der Waals surface area (Å²) in [5.41, 5.74) is 16.9. The summed E-state index contributed by atoms with van der Waals surface area (Å²) in [7, 11) is 8.76. The average molecular weight is 843 g/mol. The fourth-order valence-electron chi connectivity index (χ4n) is 11.2. The number of allylic oxidation sites excluding steroid dienone is 8. The Morgan fingerprint density at radius 1 is 0.561 bits per heavy atom. The Kier molecular flexibility index (Phi) is 18.1. The normalized spacial score (nSPS) is 24.5. The molecule has 0 heterocycles. The van der Waals surface area contributed by atoms with E-state index in [2.05, 4.69) is 136 Å². The monoisotopic (exact) mass is 842 g/mol. The van der Waals surface area contributed by atoms with Gasteiger partial charge >= 0.3 is 17.1 Å². The molecule has 4 saturated carbocycles. The summed E-state index contributed by atoms with van der Waals surface area (Å²) < 4.78 is 0. The van der Waals surface area contributed by atoms with Crippen molar-refractivity contribution in [3.8, 4) is 0 Å². The molecule has 0 amide bonds. The molecule has 0 aliphatic heterocycles. The summed E-state index contributed by atoms with van der Waals surface area (Å²) in [6.07, 6.45) is 60.7. The molecule has 0 spiro atoms. The second-order valence-electron chi connectivity index (χ2n) is 18.1. The third kappa shape index (κ3) is 11.5. The van der Waals surface area contributed by atoms with Gasteiger partial charge in [0.05, 0.1) is 0 Å². The van der Waals surface area contributed by atoms with Crippen molar-refractivity contribution in [1.29, 1.82) is 0 Å². The smallest absolute Gasteiger partial charge is 0.300 e. The SMILES string of the molecule is CN(C)[C@@H](C1=C[CH]C=C[CH-]1)C1=C(P(C2CCCCC2)C2CCCCC2)C=C=C1.CN(C)[C@H](C1=C=CC=C1P(C1CCCCC1)C1CCCCC1)C1=C[CH]C=C[CH-]1.[Fe+2]. The Bertz CT molecular complexity index is 1600. The van der Waals surface area contributed by atoms with Gasteiger partial charge in [-0.25, -0.2) is 0 Å². The number of likely N-dealkylation sites (N-methyl/N-ethyl adjacent to an activating group) is 2. The van der Waals surface area contributed by atoms with Crippen molar-refractivity contribution in [1.82, 2.24) is 9.80 Å². The average Bonchev–Trinajstić information content (AvgIpc) is 3.91. The van der Waals surface area contributed by atoms with E-state index in [-0.39, 0.29) is 32.9 Å². The maximum atomic E-state index is 3.72. The Hall–Kier alpha value is -1.48. The van der Waals surface area contributed by atoms with E-state index in [1.54, 1.807) is 16.2 Å². The van der Waals surface area contributed by atoms with Gasteiger partial charge in [0, 0.05) is 17.7 Å². The van der Waals surface area contributed by atoms with Crippen LogP contribution >= 0.6 is 15.8 Å². The van der Waals surface area contributed by atoms with E-state index in [9.17, 15) is 0 Å². The molecule has 2 atom stereocenters. The predicted octanol–water partition coefficient (Wildman–Crippen LogP) is 13.9. The van der Waals surface area contributed by atoms with E-state index in [0.29, 0.717) is 12.1 Å². The number of rotatable bonds is 12. The zero-order valence-electron chi connectivity index (χ0n) is 35.8. The van der Waals surface area contributed by atoms with Crippen LogP contribution in [0.4, 0.5) is 0 Å². The van der Waals surface area contributed by atoms with Crippen molar-refractivity contribution in [2.45, 2.75) is 163 Å². The first-order chi connectivity index (χ1) is 27.5. The zero-order valence-corrected chi connectivity index (χ0v) is 38.7. The van der Waals surface area contributed by atoms with Crippen LogP contribution in [0.5, 0.6) is 0 Å². The molecule has 308 valence electrons. The molecule has 8 aliphatic rings. The Labute approximate surface area is 363 Å². The standard InChI is InChI=1S/2C26H36NP.Fe/c2*1-27(2)26(21-13-6-3-7-14-21)24-19-12-20-25(24)28(22-15-8-4-9-16-22)23-17-10-5-11-18-23;/h3,6-7,13-14,19-20,22-23,26H,4-5,8-11,15-18H2,1-2H3;3,6-7,12-14,20,22-23,26H,4-5,8-11,15-18H2,1-2H3;/q2*-1;+2/t2*26-;/m00./s1. The fraction of sp³-hybridized carbons (Fsp3) is 0.577. The molecule has 0 aromatic carbocycles. The molecule has 0 unspecified atom stereocenters. The number of hydrogen-bond acceptors (Lipinski definition) is 2. The second kappa shape index (κ2) is 22.9. The minimum absolute atomic E-state index is 0. The maximum absolute atomic E-state index is 3.72. The van der Waals surface area contributed by atoms with Crippen LogP contribution in [-0.2, 0) is 17.1 Å². The van der Waals surface area contributed by atoms with Crippen LogP contribution in [0.3, 0.4) is 0 Å². The summed E-state index contributed by atoms with van der Waals surface area (Å²) in [4.78, 5) is 4.79. The van der Waals surface area contributed by atoms with Crippen LogP contribution in [-0.4, -0.2) is 72.7 Å². The summed E-state index contributed by atoms with van der Waals surface area (Å²) in [6.45, 7) is 0. The van der Waals surface area contributed by atoms with Gasteiger partial charge in [0.15, 0.2) is 0 Å². The molecule has 0 aromatic rings. The first-order valence-electron chi connectivity index (χ1n) is 22.8. The van der Waals surface area contributed by atoms with E-state index in [4.69, 9.17) is 0 Å². The van der Waals surface area contributed by atoms with Crippen molar-refractivity contribution in [3.63, 3.8) is 0 Å². The van der Waals surface area contributed by atoms with E-state index in [1.807, 2.05) is 0 Å². The first-order valence-corrected chi connectivity index (χ1v) is 25.8. The molecule has 0 N–H and O–H groups in total. The van der Waals surface area contributed by atoms with Gasteiger partial charge in [-0.15, -0.1) is 35.5 Å². The van der Waals surface area contributed by atoms with Gasteiger partial charge in [0.25, 0.3) is 0 Å². The fourth-order valence-corrected chi connectivity index (χ4v) is 19.1. The van der Waals surface area contributed by atoms with Crippen LogP contribution in [0, 0.1) is 25.7 Å². The van der Waals surface area contributed by atoms with Crippen LogP contribution in [0.25, 0.3) is 0 Å². The largest absolute Gasteiger partial charge is 2.00 e. The molecule has 0 bridgehead atoms. The van der Waals surface area contributed by atoms with Crippen molar-refractivity contribution in [2.75, 3.05) is 28.2 Å². The van der Waals surface area contributed by atoms with Crippen molar-refractivity contribution in [3.05, 3.63) is 131 Å². The predicted molar refractivity (Wildman–Crippen MR) is 247 cm³/mol. The zero-order chi connectivity index (χ0) is 38.7. The van der Waals surface area contributed by atoms with Crippen LogP contribution in [0.1, 0.15) is 128 Å². The van der Waals surface area contributed by atoms with Gasteiger partial charge in [-0.2, -0.15) is 49.3 Å². The second-order valence-corrected chi connectivity index (χ2v) is 23.6. The van der Waals surface area contributed by atoms with Crippen molar-refractivity contribution >= 4 is 15.8 Å². The topological polar surface area (TPSA) is 6.48 Å². The summed E-state index contributed by atoms with van der Waals surface area (Å²) >= 11 is 0. The van der Waals surface area contributed by atoms with E-state index in [0.717, 1.165) is 22.6 Å². The Morgan fingerprint density at radius 3 is 1.42 bits per heavy atom. The molecular formula is C52H72FeN2P2. The van der Waals surface area contributed by atoms with Gasteiger partial charge in [-0.3, -0.25) is 4.90 Å². The molecular weight excluding hydrogens is 770 g/mol. The number of nitrogens with zero attached hydrogens (tertiary/aromatic N) is 2. The molecule has 5 heteroatoms. The van der Waals surface area contributed by atoms with E-state index < -0.39 is 0 Å². The maximum Gasteiger partial charge on any atom is 2.00 e. The number of hydrogen-bond donors (Lipinski definition) is 0. The first kappa shape index (κ1) is 45.1. The molecule has 8 rings (SSSR count). The molecule has 2 radical (unpaired) electrons. The van der Waals surface area contributed by atoms with Gasteiger partial charge in [-0.1, -0.05) is 92.9 Å². The summed E-state index contributed by atoms with van der Waals surface area (Å²) in [5.74, 6) is 0. The van der Waals surface area contributed by atoms with Gasteiger partial charge < -0.3 is 4.90 Å². The molecule has 2 nitrogen and oxygen atoms in total. The Balaban J connectivity index is 0.000000189. The van der Waals surface area contributed by atoms with E-state index in [1.165, 1.54) is 145 Å². The molecule has 0 aromatic heterocycles. The molecule has 0 saturated heterocycles. The minimum Gasteiger partial charge on any atom is -0.300 e. The van der Waals surface area contributed by atoms with Crippen LogP contribution < -0.4 is 0 Å². The van der Waals surface area contributed by atoms with E-state index >= 15 is 0 Å².